The summed E-state index contributed by atoms with van der Waals surface area (Å²) in [4.78, 5) is 14.4. The molecule has 124 valence electrons. The van der Waals surface area contributed by atoms with E-state index in [0.29, 0.717) is 10.6 Å². The number of aromatic hydroxyl groups is 1. The maximum atomic E-state index is 12.1. The molecule has 2 N–H and O–H groups in total. The Bertz CT molecular complexity index is 650. The molecule has 0 aromatic heterocycles. The van der Waals surface area contributed by atoms with Gasteiger partial charge in [0.25, 0.3) is 0 Å². The number of phenolic OH excluding ortho intramolecular Hbond substituents is 1. The van der Waals surface area contributed by atoms with Crippen LogP contribution < -0.4 is 5.32 Å². The molecule has 2 rings (SSSR count). The molecule has 0 bridgehead atoms. The number of carbonyl (C=O) groups is 1. The Morgan fingerprint density at radius 1 is 1.43 bits per heavy atom. The molecular formula is C18H23ClN2O2. The van der Waals surface area contributed by atoms with Gasteiger partial charge in [0.2, 0.25) is 5.91 Å². The second-order valence-electron chi connectivity index (χ2n) is 6.29. The summed E-state index contributed by atoms with van der Waals surface area (Å²) in [6.07, 6.45) is 7.03. The third-order valence-corrected chi connectivity index (χ3v) is 4.50. The zero-order valence-electron chi connectivity index (χ0n) is 13.8. The van der Waals surface area contributed by atoms with Crippen molar-refractivity contribution in [3.63, 3.8) is 0 Å². The largest absolute Gasteiger partial charge is 0.508 e. The molecule has 4 nitrogen and oxygen atoms in total. The monoisotopic (exact) mass is 334 g/mol. The number of rotatable bonds is 5. The predicted octanol–water partition coefficient (Wildman–Crippen LogP) is 3.61. The molecule has 1 amide bonds. The van der Waals surface area contributed by atoms with Gasteiger partial charge in [0.15, 0.2) is 0 Å². The van der Waals surface area contributed by atoms with Crippen molar-refractivity contribution in [1.29, 1.82) is 0 Å². The minimum atomic E-state index is -0.179. The van der Waals surface area contributed by atoms with Crippen LogP contribution in [0.1, 0.15) is 32.8 Å². The van der Waals surface area contributed by atoms with Crippen LogP contribution in [0.5, 0.6) is 5.75 Å². The molecule has 0 radical (unpaired) electrons. The van der Waals surface area contributed by atoms with Crippen LogP contribution >= 0.6 is 11.6 Å². The highest BCUT2D eigenvalue weighted by Gasteiger charge is 2.22. The topological polar surface area (TPSA) is 52.6 Å². The van der Waals surface area contributed by atoms with Crippen molar-refractivity contribution in [3.8, 4) is 5.75 Å². The van der Waals surface area contributed by atoms with Gasteiger partial charge in [-0.3, -0.25) is 4.79 Å². The van der Waals surface area contributed by atoms with Gasteiger partial charge in [0, 0.05) is 34.6 Å². The van der Waals surface area contributed by atoms with Gasteiger partial charge in [0.1, 0.15) is 5.75 Å². The van der Waals surface area contributed by atoms with Crippen molar-refractivity contribution in [2.45, 2.75) is 39.2 Å². The number of amides is 1. The van der Waals surface area contributed by atoms with Gasteiger partial charge in [0.05, 0.1) is 6.42 Å². The number of nitrogens with one attached hydrogen (secondary N) is 1. The summed E-state index contributed by atoms with van der Waals surface area (Å²) in [5.74, 6) is -0.102. The number of phenols is 1. The van der Waals surface area contributed by atoms with Crippen molar-refractivity contribution < 1.29 is 9.90 Å². The molecule has 5 heteroatoms. The van der Waals surface area contributed by atoms with E-state index in [-0.39, 0.29) is 23.6 Å². The first kappa shape index (κ1) is 17.4. The lowest BCUT2D eigenvalue weighted by atomic mass is 9.99. The average molecular weight is 335 g/mol. The van der Waals surface area contributed by atoms with Crippen LogP contribution in [0.15, 0.2) is 42.2 Å². The first-order valence-corrected chi connectivity index (χ1v) is 8.12. The number of halogens is 1. The number of allylic oxidation sites excluding steroid dienone is 1. The van der Waals surface area contributed by atoms with Gasteiger partial charge >= 0.3 is 0 Å². The van der Waals surface area contributed by atoms with Crippen LogP contribution in [-0.2, 0) is 11.2 Å². The van der Waals surface area contributed by atoms with Gasteiger partial charge in [-0.05, 0) is 50.6 Å². The molecule has 0 spiro atoms. The number of benzene rings is 1. The fourth-order valence-corrected chi connectivity index (χ4v) is 2.51. The lowest BCUT2D eigenvalue weighted by Gasteiger charge is -2.38. The fourth-order valence-electron chi connectivity index (χ4n) is 2.31. The maximum absolute atomic E-state index is 12.1. The molecule has 0 fully saturated rings. The molecule has 1 aliphatic heterocycles. The highest BCUT2D eigenvalue weighted by molar-refractivity contribution is 6.30. The number of hydrogen-bond donors (Lipinski definition) is 2. The zero-order chi connectivity index (χ0) is 17.0. The molecule has 1 aromatic rings. The normalized spacial score (nSPS) is 14.6. The summed E-state index contributed by atoms with van der Waals surface area (Å²) in [7, 11) is 0. The quantitative estimate of drug-likeness (QED) is 0.865. The molecular weight excluding hydrogens is 312 g/mol. The Kier molecular flexibility index (Phi) is 5.37. The summed E-state index contributed by atoms with van der Waals surface area (Å²) in [6, 6.07) is 4.69. The summed E-state index contributed by atoms with van der Waals surface area (Å²) in [5, 5.41) is 13.1. The molecule has 0 saturated carbocycles. The molecule has 1 aliphatic rings. The summed E-state index contributed by atoms with van der Waals surface area (Å²) < 4.78 is 0. The first-order valence-electron chi connectivity index (χ1n) is 7.74. The second-order valence-corrected chi connectivity index (χ2v) is 6.73. The van der Waals surface area contributed by atoms with Crippen LogP contribution in [0.3, 0.4) is 0 Å². The van der Waals surface area contributed by atoms with Crippen molar-refractivity contribution in [2.75, 3.05) is 6.54 Å². The second kappa shape index (κ2) is 7.09. The SMILES string of the molecule is CCC(C)(C)N1C=CC(NC(=O)Cc2cc(Cl)ccc2O)=CC1. The van der Waals surface area contributed by atoms with E-state index in [1.165, 1.54) is 6.07 Å². The summed E-state index contributed by atoms with van der Waals surface area (Å²) in [6.45, 7) is 7.30. The molecule has 1 heterocycles. The fraction of sp³-hybridized carbons (Fsp3) is 0.389. The maximum Gasteiger partial charge on any atom is 0.228 e. The lowest BCUT2D eigenvalue weighted by molar-refractivity contribution is -0.119. The van der Waals surface area contributed by atoms with Gasteiger partial charge < -0.3 is 15.3 Å². The Morgan fingerprint density at radius 3 is 2.78 bits per heavy atom. The Labute approximate surface area is 142 Å². The third-order valence-electron chi connectivity index (χ3n) is 4.26. The zero-order valence-corrected chi connectivity index (χ0v) is 14.5. The van der Waals surface area contributed by atoms with E-state index in [2.05, 4.69) is 31.0 Å². The number of nitrogens with zero attached hydrogens (tertiary/aromatic N) is 1. The van der Waals surface area contributed by atoms with Gasteiger partial charge in [-0.1, -0.05) is 18.5 Å². The number of hydrogen-bond acceptors (Lipinski definition) is 3. The van der Waals surface area contributed by atoms with Crippen LogP contribution in [0.4, 0.5) is 0 Å². The van der Waals surface area contributed by atoms with E-state index in [9.17, 15) is 9.90 Å². The molecule has 0 aliphatic carbocycles. The smallest absolute Gasteiger partial charge is 0.228 e. The van der Waals surface area contributed by atoms with Crippen molar-refractivity contribution >= 4 is 17.5 Å². The lowest BCUT2D eigenvalue weighted by Crippen LogP contribution is -2.41. The average Bonchev–Trinajstić information content (AvgIpc) is 2.51. The van der Waals surface area contributed by atoms with E-state index in [4.69, 9.17) is 11.6 Å². The van der Waals surface area contributed by atoms with E-state index in [0.717, 1.165) is 18.7 Å². The first-order chi connectivity index (χ1) is 10.8. The summed E-state index contributed by atoms with van der Waals surface area (Å²) in [5.41, 5.74) is 1.39. The summed E-state index contributed by atoms with van der Waals surface area (Å²) >= 11 is 5.89. The number of carbonyl (C=O) groups excluding carboxylic acids is 1. The van der Waals surface area contributed by atoms with E-state index in [1.807, 2.05) is 18.4 Å². The van der Waals surface area contributed by atoms with Gasteiger partial charge in [-0.15, -0.1) is 0 Å². The predicted molar refractivity (Wildman–Crippen MR) is 93.3 cm³/mol. The molecule has 23 heavy (non-hydrogen) atoms. The van der Waals surface area contributed by atoms with Crippen molar-refractivity contribution in [3.05, 3.63) is 52.8 Å². The van der Waals surface area contributed by atoms with Crippen LogP contribution in [0, 0.1) is 0 Å². The van der Waals surface area contributed by atoms with Crippen LogP contribution in [0.2, 0.25) is 5.02 Å². The van der Waals surface area contributed by atoms with Gasteiger partial charge in [-0.25, -0.2) is 0 Å². The molecule has 0 saturated heterocycles. The third kappa shape index (κ3) is 4.52. The van der Waals surface area contributed by atoms with Crippen LogP contribution in [0.25, 0.3) is 0 Å². The van der Waals surface area contributed by atoms with Gasteiger partial charge in [-0.2, -0.15) is 0 Å². The molecule has 0 atom stereocenters. The van der Waals surface area contributed by atoms with E-state index < -0.39 is 0 Å². The Hall–Kier alpha value is -1.94. The molecule has 1 aromatic carbocycles. The van der Waals surface area contributed by atoms with E-state index in [1.54, 1.807) is 12.1 Å². The Morgan fingerprint density at radius 2 is 2.17 bits per heavy atom. The minimum absolute atomic E-state index is 0.0774. The van der Waals surface area contributed by atoms with E-state index >= 15 is 0 Å². The highest BCUT2D eigenvalue weighted by Crippen LogP contribution is 2.23. The van der Waals surface area contributed by atoms with Crippen LogP contribution in [-0.4, -0.2) is 28.0 Å². The Balaban J connectivity index is 1.95. The van der Waals surface area contributed by atoms with Crippen molar-refractivity contribution in [2.24, 2.45) is 0 Å². The van der Waals surface area contributed by atoms with Crippen molar-refractivity contribution in [1.82, 2.24) is 10.2 Å². The highest BCUT2D eigenvalue weighted by atomic mass is 35.5. The molecule has 0 unspecified atom stereocenters. The minimum Gasteiger partial charge on any atom is -0.508 e. The standard InChI is InChI=1S/C18H23ClN2O2/c1-4-18(2,3)21-9-7-15(8-10-21)20-17(23)12-13-11-14(19)5-6-16(13)22/h5-9,11,22H,4,10,12H2,1-3H3,(H,20,23).